The third-order valence-corrected chi connectivity index (χ3v) is 10.8. The molecule has 0 fully saturated rings. The highest BCUT2D eigenvalue weighted by molar-refractivity contribution is 7.26. The molecule has 0 bridgehead atoms. The first-order valence-corrected chi connectivity index (χ1v) is 17.7. The quantitative estimate of drug-likeness (QED) is 0.185. The van der Waals surface area contributed by atoms with E-state index in [1.165, 1.54) is 53.1 Å². The van der Waals surface area contributed by atoms with Crippen LogP contribution in [0.2, 0.25) is 0 Å². The first-order valence-electron chi connectivity index (χ1n) is 16.8. The minimum absolute atomic E-state index is 0.723. The molecular formula is C46H29N3S. The largest absolute Gasteiger partial charge is 0.309 e. The molecular weight excluding hydrogens is 627 g/mol. The summed E-state index contributed by atoms with van der Waals surface area (Å²) in [5.74, 6) is 0.723. The summed E-state index contributed by atoms with van der Waals surface area (Å²) < 4.78 is 4.92. The Balaban J connectivity index is 1.17. The standard InChI is InChI=1S/C46H29N3S/c1-4-14-30(15-5-1)39-29-40(31-16-6-2-7-17-31)48-46(47-39)32-26-27-43-38(28-32)36-23-12-22-35(45(36)50-43)34-21-13-25-42-44(34)37-20-10-11-24-41(37)49(42)33-18-8-3-9-19-33/h1-29H. The molecule has 0 aliphatic heterocycles. The van der Waals surface area contributed by atoms with Gasteiger partial charge in [0.25, 0.3) is 0 Å². The van der Waals surface area contributed by atoms with Crippen molar-refractivity contribution >= 4 is 53.3 Å². The van der Waals surface area contributed by atoms with E-state index in [0.29, 0.717) is 0 Å². The van der Waals surface area contributed by atoms with Gasteiger partial charge >= 0.3 is 0 Å². The molecule has 0 unspecified atom stereocenters. The summed E-state index contributed by atoms with van der Waals surface area (Å²) >= 11 is 1.86. The van der Waals surface area contributed by atoms with Gasteiger partial charge in [-0.25, -0.2) is 9.97 Å². The van der Waals surface area contributed by atoms with E-state index < -0.39 is 0 Å². The maximum atomic E-state index is 5.12. The van der Waals surface area contributed by atoms with Crippen molar-refractivity contribution in [1.29, 1.82) is 0 Å². The molecule has 234 valence electrons. The average molecular weight is 656 g/mol. The zero-order chi connectivity index (χ0) is 33.0. The fourth-order valence-electron chi connectivity index (χ4n) is 7.34. The number of nitrogens with zero attached hydrogens (tertiary/aromatic N) is 3. The molecule has 10 rings (SSSR count). The summed E-state index contributed by atoms with van der Waals surface area (Å²) in [6, 6.07) is 62.4. The van der Waals surface area contributed by atoms with E-state index in [9.17, 15) is 0 Å². The van der Waals surface area contributed by atoms with Crippen LogP contribution in [-0.4, -0.2) is 14.5 Å². The second-order valence-corrected chi connectivity index (χ2v) is 13.6. The van der Waals surface area contributed by atoms with E-state index in [1.807, 2.05) is 23.5 Å². The van der Waals surface area contributed by atoms with E-state index in [1.54, 1.807) is 0 Å². The molecule has 0 saturated heterocycles. The highest BCUT2D eigenvalue weighted by Crippen LogP contribution is 2.45. The molecule has 3 heterocycles. The summed E-state index contributed by atoms with van der Waals surface area (Å²) in [6.45, 7) is 0. The third-order valence-electron chi connectivity index (χ3n) is 9.62. The van der Waals surface area contributed by atoms with Crippen LogP contribution < -0.4 is 0 Å². The SMILES string of the molecule is c1ccc(-c2cc(-c3ccccc3)nc(-c3ccc4sc5c(-c6cccc7c6c6ccccc6n7-c6ccccc6)cccc5c4c3)n2)cc1. The van der Waals surface area contributed by atoms with Crippen molar-refractivity contribution < 1.29 is 0 Å². The topological polar surface area (TPSA) is 30.7 Å². The second-order valence-electron chi connectivity index (χ2n) is 12.6. The maximum Gasteiger partial charge on any atom is 0.160 e. The number of para-hydroxylation sites is 2. The van der Waals surface area contributed by atoms with Crippen LogP contribution in [0.15, 0.2) is 176 Å². The molecule has 0 aliphatic rings. The number of hydrogen-bond donors (Lipinski definition) is 0. The minimum atomic E-state index is 0.723. The molecule has 4 heteroatoms. The fourth-order valence-corrected chi connectivity index (χ4v) is 8.55. The van der Waals surface area contributed by atoms with Crippen LogP contribution in [0.3, 0.4) is 0 Å². The molecule has 3 aromatic heterocycles. The van der Waals surface area contributed by atoms with Crippen LogP contribution in [0.4, 0.5) is 0 Å². The molecule has 0 amide bonds. The second kappa shape index (κ2) is 11.7. The Bertz CT molecular complexity index is 2800. The van der Waals surface area contributed by atoms with Gasteiger partial charge in [-0.05, 0) is 54.1 Å². The predicted molar refractivity (Wildman–Crippen MR) is 211 cm³/mol. The Kier molecular flexibility index (Phi) is 6.68. The van der Waals surface area contributed by atoms with Gasteiger partial charge in [0.15, 0.2) is 5.82 Å². The van der Waals surface area contributed by atoms with Crippen molar-refractivity contribution in [2.45, 2.75) is 0 Å². The first-order chi connectivity index (χ1) is 24.8. The zero-order valence-corrected chi connectivity index (χ0v) is 27.8. The molecule has 0 atom stereocenters. The van der Waals surface area contributed by atoms with Crippen LogP contribution in [0, 0.1) is 0 Å². The Morgan fingerprint density at radius 1 is 0.420 bits per heavy atom. The molecule has 0 spiro atoms. The summed E-state index contributed by atoms with van der Waals surface area (Å²) in [4.78, 5) is 10.2. The lowest BCUT2D eigenvalue weighted by molar-refractivity contribution is 1.18. The predicted octanol–water partition coefficient (Wildman–Crippen LogP) is 12.6. The first kappa shape index (κ1) is 28.6. The normalized spacial score (nSPS) is 11.6. The van der Waals surface area contributed by atoms with E-state index >= 15 is 0 Å². The number of hydrogen-bond acceptors (Lipinski definition) is 3. The number of fused-ring (bicyclic) bond motifs is 6. The highest BCUT2D eigenvalue weighted by Gasteiger charge is 2.19. The van der Waals surface area contributed by atoms with E-state index in [2.05, 4.69) is 168 Å². The van der Waals surface area contributed by atoms with Crippen LogP contribution in [-0.2, 0) is 0 Å². The van der Waals surface area contributed by atoms with Crippen molar-refractivity contribution in [2.75, 3.05) is 0 Å². The number of aromatic nitrogens is 3. The lowest BCUT2D eigenvalue weighted by atomic mass is 9.97. The van der Waals surface area contributed by atoms with Crippen molar-refractivity contribution in [3.05, 3.63) is 176 Å². The summed E-state index contributed by atoms with van der Waals surface area (Å²) in [5.41, 5.74) is 11.1. The van der Waals surface area contributed by atoms with Gasteiger partial charge < -0.3 is 4.57 Å². The highest BCUT2D eigenvalue weighted by atomic mass is 32.1. The molecule has 0 N–H and O–H groups in total. The van der Waals surface area contributed by atoms with Crippen molar-refractivity contribution in [3.63, 3.8) is 0 Å². The van der Waals surface area contributed by atoms with Gasteiger partial charge in [-0.1, -0.05) is 127 Å². The minimum Gasteiger partial charge on any atom is -0.309 e. The maximum absolute atomic E-state index is 5.12. The molecule has 0 radical (unpaired) electrons. The van der Waals surface area contributed by atoms with Crippen molar-refractivity contribution in [1.82, 2.24) is 14.5 Å². The Hall–Kier alpha value is -6.36. The Labute approximate surface area is 293 Å². The monoisotopic (exact) mass is 655 g/mol. The van der Waals surface area contributed by atoms with Gasteiger partial charge in [0, 0.05) is 58.9 Å². The van der Waals surface area contributed by atoms with Crippen LogP contribution in [0.1, 0.15) is 0 Å². The van der Waals surface area contributed by atoms with Crippen LogP contribution in [0.25, 0.3) is 92.7 Å². The van der Waals surface area contributed by atoms with Gasteiger partial charge in [0.2, 0.25) is 0 Å². The number of thiophene rings is 1. The lowest BCUT2D eigenvalue weighted by Crippen LogP contribution is -1.95. The lowest BCUT2D eigenvalue weighted by Gasteiger charge is -2.10. The molecule has 7 aromatic carbocycles. The zero-order valence-electron chi connectivity index (χ0n) is 27.0. The smallest absolute Gasteiger partial charge is 0.160 e. The molecule has 50 heavy (non-hydrogen) atoms. The number of benzene rings is 7. The Morgan fingerprint density at radius 3 is 1.76 bits per heavy atom. The summed E-state index contributed by atoms with van der Waals surface area (Å²) in [7, 11) is 0. The van der Waals surface area contributed by atoms with Crippen molar-refractivity contribution in [2.24, 2.45) is 0 Å². The van der Waals surface area contributed by atoms with Gasteiger partial charge in [-0.2, -0.15) is 0 Å². The van der Waals surface area contributed by atoms with Gasteiger partial charge in [-0.15, -0.1) is 11.3 Å². The molecule has 10 aromatic rings. The summed E-state index contributed by atoms with van der Waals surface area (Å²) in [6.07, 6.45) is 0. The van der Waals surface area contributed by atoms with E-state index in [4.69, 9.17) is 9.97 Å². The molecule has 0 saturated carbocycles. The van der Waals surface area contributed by atoms with E-state index in [0.717, 1.165) is 39.6 Å². The third kappa shape index (κ3) is 4.65. The van der Waals surface area contributed by atoms with Gasteiger partial charge in [0.05, 0.1) is 22.4 Å². The van der Waals surface area contributed by atoms with Crippen LogP contribution in [0.5, 0.6) is 0 Å². The Morgan fingerprint density at radius 2 is 1.02 bits per heavy atom. The van der Waals surface area contributed by atoms with Crippen molar-refractivity contribution in [3.8, 4) is 50.7 Å². The average Bonchev–Trinajstić information content (AvgIpc) is 3.74. The van der Waals surface area contributed by atoms with E-state index in [-0.39, 0.29) is 0 Å². The van der Waals surface area contributed by atoms with Gasteiger partial charge in [0.1, 0.15) is 0 Å². The fraction of sp³-hybridized carbons (Fsp3) is 0. The van der Waals surface area contributed by atoms with Gasteiger partial charge in [-0.3, -0.25) is 0 Å². The summed E-state index contributed by atoms with van der Waals surface area (Å²) in [5, 5.41) is 5.00. The number of rotatable bonds is 5. The van der Waals surface area contributed by atoms with Crippen LogP contribution >= 0.6 is 11.3 Å². The molecule has 3 nitrogen and oxygen atoms in total. The molecule has 0 aliphatic carbocycles.